The van der Waals surface area contributed by atoms with E-state index in [0.29, 0.717) is 32.0 Å². The van der Waals surface area contributed by atoms with Crippen LogP contribution in [0, 0.1) is 12.3 Å². The van der Waals surface area contributed by atoms with Crippen LogP contribution in [0.4, 0.5) is 0 Å². The fourth-order valence-electron chi connectivity index (χ4n) is 1.08. The van der Waals surface area contributed by atoms with Gasteiger partial charge in [-0.25, -0.2) is 13.1 Å². The summed E-state index contributed by atoms with van der Waals surface area (Å²) in [6.07, 6.45) is 5.79. The minimum Gasteiger partial charge on any atom is -0.357 e. The molecule has 0 aliphatic carbocycles. The maximum atomic E-state index is 11.1. The summed E-state index contributed by atoms with van der Waals surface area (Å²) in [7, 11) is -3.10. The van der Waals surface area contributed by atoms with E-state index in [0.717, 1.165) is 6.54 Å². The first-order valence-corrected chi connectivity index (χ1v) is 7.64. The van der Waals surface area contributed by atoms with Gasteiger partial charge in [0.25, 0.3) is 0 Å². The van der Waals surface area contributed by atoms with Crippen LogP contribution in [-0.4, -0.2) is 46.3 Å². The molecule has 0 unspecified atom stereocenters. The van der Waals surface area contributed by atoms with Crippen molar-refractivity contribution in [2.45, 2.75) is 20.3 Å². The first kappa shape index (κ1) is 16.7. The van der Waals surface area contributed by atoms with E-state index in [2.05, 4.69) is 26.3 Å². The van der Waals surface area contributed by atoms with Crippen LogP contribution in [-0.2, 0) is 10.0 Å². The Balaban J connectivity index is 3.92. The van der Waals surface area contributed by atoms with Crippen LogP contribution in [0.5, 0.6) is 0 Å². The van der Waals surface area contributed by atoms with Gasteiger partial charge in [-0.3, -0.25) is 4.99 Å². The van der Waals surface area contributed by atoms with E-state index < -0.39 is 10.0 Å². The van der Waals surface area contributed by atoms with Gasteiger partial charge in [0.1, 0.15) is 0 Å². The molecule has 0 rings (SSSR count). The lowest BCUT2D eigenvalue weighted by atomic mass is 10.4. The highest BCUT2D eigenvalue weighted by Gasteiger charge is 2.03. The molecule has 3 N–H and O–H groups in total. The van der Waals surface area contributed by atoms with Crippen LogP contribution in [0.3, 0.4) is 0 Å². The maximum absolute atomic E-state index is 11.1. The van der Waals surface area contributed by atoms with Gasteiger partial charge < -0.3 is 10.6 Å². The number of hydrogen-bond acceptors (Lipinski definition) is 3. The third-order valence-corrected chi connectivity index (χ3v) is 3.41. The van der Waals surface area contributed by atoms with E-state index in [1.807, 2.05) is 6.92 Å². The summed E-state index contributed by atoms with van der Waals surface area (Å²) in [6, 6.07) is 0. The Morgan fingerprint density at radius 2 is 2.06 bits per heavy atom. The molecule has 18 heavy (non-hydrogen) atoms. The molecular formula is C11H22N4O2S. The van der Waals surface area contributed by atoms with Gasteiger partial charge in [0.05, 0.1) is 12.3 Å². The Kier molecular flexibility index (Phi) is 9.06. The number of hydrogen-bond donors (Lipinski definition) is 3. The largest absolute Gasteiger partial charge is 0.357 e. The second kappa shape index (κ2) is 9.74. The molecule has 7 heteroatoms. The fraction of sp³-hybridized carbons (Fsp3) is 0.727. The molecule has 0 aliphatic heterocycles. The minimum atomic E-state index is -3.10. The zero-order valence-electron chi connectivity index (χ0n) is 11.0. The number of nitrogens with zero attached hydrogens (tertiary/aromatic N) is 1. The van der Waals surface area contributed by atoms with Crippen molar-refractivity contribution < 1.29 is 8.42 Å². The predicted molar refractivity (Wildman–Crippen MR) is 74.9 cm³/mol. The molecule has 0 amide bonds. The van der Waals surface area contributed by atoms with Crippen LogP contribution in [0.25, 0.3) is 0 Å². The highest BCUT2D eigenvalue weighted by atomic mass is 32.2. The van der Waals surface area contributed by atoms with Crippen molar-refractivity contribution in [1.82, 2.24) is 15.4 Å². The lowest BCUT2D eigenvalue weighted by Crippen LogP contribution is -2.37. The molecule has 0 saturated heterocycles. The zero-order chi connectivity index (χ0) is 13.9. The second-order valence-electron chi connectivity index (χ2n) is 3.47. The molecule has 0 aromatic rings. The van der Waals surface area contributed by atoms with Crippen molar-refractivity contribution in [2.75, 3.05) is 31.9 Å². The molecule has 6 nitrogen and oxygen atoms in total. The Bertz CT molecular complexity index is 384. The molecule has 0 fully saturated rings. The average molecular weight is 274 g/mol. The molecule has 0 aromatic heterocycles. The number of guanidine groups is 1. The van der Waals surface area contributed by atoms with E-state index in [1.54, 1.807) is 6.92 Å². The van der Waals surface area contributed by atoms with E-state index in [1.165, 1.54) is 0 Å². The Morgan fingerprint density at radius 3 is 2.61 bits per heavy atom. The number of terminal acetylenes is 1. The van der Waals surface area contributed by atoms with E-state index >= 15 is 0 Å². The molecule has 0 aromatic carbocycles. The van der Waals surface area contributed by atoms with Crippen molar-refractivity contribution >= 4 is 16.0 Å². The Morgan fingerprint density at radius 1 is 1.33 bits per heavy atom. The van der Waals surface area contributed by atoms with Gasteiger partial charge >= 0.3 is 0 Å². The summed E-state index contributed by atoms with van der Waals surface area (Å²) in [6.45, 7) is 5.66. The smallest absolute Gasteiger partial charge is 0.211 e. The van der Waals surface area contributed by atoms with Gasteiger partial charge in [-0.05, 0) is 20.3 Å². The summed E-state index contributed by atoms with van der Waals surface area (Å²) in [5.74, 6) is 3.21. The molecule has 104 valence electrons. The van der Waals surface area contributed by atoms with E-state index in [9.17, 15) is 8.42 Å². The summed E-state index contributed by atoms with van der Waals surface area (Å²) in [5.41, 5.74) is 0. The van der Waals surface area contributed by atoms with Gasteiger partial charge in [-0.1, -0.05) is 5.92 Å². The van der Waals surface area contributed by atoms with Crippen LogP contribution in [0.2, 0.25) is 0 Å². The van der Waals surface area contributed by atoms with E-state index in [-0.39, 0.29) is 5.75 Å². The standard InChI is InChI=1S/C11H22N4O2S/c1-4-8-13-11(12-5-2)14-9-7-10-15-18(16,17)6-3/h1,15H,5-10H2,2-3H3,(H2,12,13,14). The zero-order valence-corrected chi connectivity index (χ0v) is 11.8. The minimum absolute atomic E-state index is 0.0998. The molecule has 0 aliphatic rings. The normalized spacial score (nSPS) is 11.9. The molecule has 0 atom stereocenters. The van der Waals surface area contributed by atoms with Gasteiger partial charge in [0, 0.05) is 19.6 Å². The van der Waals surface area contributed by atoms with Gasteiger partial charge in [-0.15, -0.1) is 6.42 Å². The molecule has 0 radical (unpaired) electrons. The monoisotopic (exact) mass is 274 g/mol. The van der Waals surface area contributed by atoms with Crippen LogP contribution >= 0.6 is 0 Å². The summed E-state index contributed by atoms with van der Waals surface area (Å²) in [5, 5.41) is 5.99. The van der Waals surface area contributed by atoms with Crippen LogP contribution < -0.4 is 15.4 Å². The van der Waals surface area contributed by atoms with Gasteiger partial charge in [-0.2, -0.15) is 0 Å². The van der Waals surface area contributed by atoms with Crippen molar-refractivity contribution in [2.24, 2.45) is 4.99 Å². The quantitative estimate of drug-likeness (QED) is 0.241. The Labute approximate surface area is 110 Å². The average Bonchev–Trinajstić information content (AvgIpc) is 2.35. The molecule has 0 heterocycles. The van der Waals surface area contributed by atoms with Crippen molar-refractivity contribution in [3.05, 3.63) is 0 Å². The first-order chi connectivity index (χ1) is 8.55. The van der Waals surface area contributed by atoms with Crippen molar-refractivity contribution in [3.63, 3.8) is 0 Å². The SMILES string of the molecule is C#CCNC(=NCCCNS(=O)(=O)CC)NCC. The molecule has 0 saturated carbocycles. The number of aliphatic imine (C=N–C) groups is 1. The maximum Gasteiger partial charge on any atom is 0.211 e. The topological polar surface area (TPSA) is 82.6 Å². The predicted octanol–water partition coefficient (Wildman–Crippen LogP) is -0.496. The lowest BCUT2D eigenvalue weighted by molar-refractivity contribution is 0.581. The summed E-state index contributed by atoms with van der Waals surface area (Å²) < 4.78 is 24.8. The van der Waals surface area contributed by atoms with Gasteiger partial charge in [0.15, 0.2) is 5.96 Å². The highest BCUT2D eigenvalue weighted by molar-refractivity contribution is 7.89. The van der Waals surface area contributed by atoms with E-state index in [4.69, 9.17) is 6.42 Å². The van der Waals surface area contributed by atoms with Crippen LogP contribution in [0.1, 0.15) is 20.3 Å². The second-order valence-corrected chi connectivity index (χ2v) is 5.57. The van der Waals surface area contributed by atoms with Gasteiger partial charge in [0.2, 0.25) is 10.0 Å². The molecule has 0 bridgehead atoms. The molecule has 0 spiro atoms. The van der Waals surface area contributed by atoms with Crippen molar-refractivity contribution in [3.8, 4) is 12.3 Å². The number of sulfonamides is 1. The third-order valence-electron chi connectivity index (χ3n) is 2.01. The Hall–Kier alpha value is -1.26. The highest BCUT2D eigenvalue weighted by Crippen LogP contribution is 1.85. The summed E-state index contributed by atoms with van der Waals surface area (Å²) in [4.78, 5) is 4.26. The van der Waals surface area contributed by atoms with Crippen molar-refractivity contribution in [1.29, 1.82) is 0 Å². The lowest BCUT2D eigenvalue weighted by Gasteiger charge is -2.08. The summed E-state index contributed by atoms with van der Waals surface area (Å²) >= 11 is 0. The molecular weight excluding hydrogens is 252 g/mol. The van der Waals surface area contributed by atoms with Crippen LogP contribution in [0.15, 0.2) is 4.99 Å². The number of nitrogens with one attached hydrogen (secondary N) is 3. The first-order valence-electron chi connectivity index (χ1n) is 5.98. The third kappa shape index (κ3) is 8.84. The fourth-order valence-corrected chi connectivity index (χ4v) is 1.74. The number of rotatable bonds is 8.